The van der Waals surface area contributed by atoms with E-state index in [2.05, 4.69) is 5.32 Å². The monoisotopic (exact) mass is 196 g/mol. The molecule has 13 heavy (non-hydrogen) atoms. The lowest BCUT2D eigenvalue weighted by Crippen LogP contribution is -2.07. The van der Waals surface area contributed by atoms with Crippen molar-refractivity contribution in [3.63, 3.8) is 0 Å². The van der Waals surface area contributed by atoms with Crippen molar-refractivity contribution in [1.29, 1.82) is 0 Å². The number of hydrogen-bond donors (Lipinski definition) is 1. The van der Waals surface area contributed by atoms with Crippen molar-refractivity contribution in [2.45, 2.75) is 0 Å². The van der Waals surface area contributed by atoms with E-state index in [9.17, 15) is 9.59 Å². The number of aryl methyl sites for hydroxylation is 1. The molecule has 1 heterocycles. The summed E-state index contributed by atoms with van der Waals surface area (Å²) in [6, 6.07) is 1.44. The summed E-state index contributed by atoms with van der Waals surface area (Å²) in [4.78, 5) is 21.2. The highest BCUT2D eigenvalue weighted by Crippen LogP contribution is 2.14. The third-order valence-electron chi connectivity index (χ3n) is 1.47. The molecule has 0 atom stereocenters. The fourth-order valence-electron chi connectivity index (χ4n) is 0.971. The fraction of sp³-hybridized carbons (Fsp3) is 0.143. The highest BCUT2D eigenvalue weighted by molar-refractivity contribution is 6.67. The Bertz CT molecular complexity index is 361. The van der Waals surface area contributed by atoms with Gasteiger partial charge in [-0.05, 0) is 17.7 Å². The summed E-state index contributed by atoms with van der Waals surface area (Å²) in [5.74, 6) is -0.681. The minimum absolute atomic E-state index is 0.297. The van der Waals surface area contributed by atoms with E-state index in [1.165, 1.54) is 10.6 Å². The minimum atomic E-state index is -0.681. The van der Waals surface area contributed by atoms with Crippen LogP contribution in [0.3, 0.4) is 0 Å². The van der Waals surface area contributed by atoms with E-state index in [-0.39, 0.29) is 0 Å². The third kappa shape index (κ3) is 2.35. The van der Waals surface area contributed by atoms with Crippen molar-refractivity contribution in [1.82, 2.24) is 4.57 Å². The van der Waals surface area contributed by atoms with Crippen LogP contribution in [0.2, 0.25) is 0 Å². The molecule has 0 aliphatic carbocycles. The molecule has 1 amide bonds. The molecule has 1 rings (SSSR count). The molecule has 0 bridgehead atoms. The molecule has 66 valence electrons. The summed E-state index contributed by atoms with van der Waals surface area (Å²) >= 11 is 5.25. The number of halogens is 1. The van der Waals surface area contributed by atoms with E-state index in [0.717, 1.165) is 0 Å². The summed E-state index contributed by atoms with van der Waals surface area (Å²) in [7, 11) is 6.52. The second-order valence-electron chi connectivity index (χ2n) is 2.49. The average molecular weight is 196 g/mol. The molecule has 0 fully saturated rings. The van der Waals surface area contributed by atoms with Crippen molar-refractivity contribution in [3.05, 3.63) is 18.0 Å². The summed E-state index contributed by atoms with van der Waals surface area (Å²) in [6.45, 7) is 0. The normalized spacial score (nSPS) is 9.69. The van der Waals surface area contributed by atoms with Gasteiger partial charge in [-0.2, -0.15) is 0 Å². The number of rotatable bonds is 2. The van der Waals surface area contributed by atoms with Gasteiger partial charge in [0.2, 0.25) is 7.85 Å². The molecule has 0 unspecified atom stereocenters. The number of carbonyl (C=O) groups excluding carboxylic acids is 2. The molecular formula is C7H6BClN2O2. The van der Waals surface area contributed by atoms with Gasteiger partial charge in [0.1, 0.15) is 5.69 Å². The zero-order valence-electron chi connectivity index (χ0n) is 6.87. The van der Waals surface area contributed by atoms with Crippen LogP contribution < -0.4 is 5.32 Å². The van der Waals surface area contributed by atoms with E-state index in [4.69, 9.17) is 19.4 Å². The number of carbonyl (C=O) groups is 2. The molecule has 0 spiro atoms. The number of aromatic nitrogens is 1. The van der Waals surface area contributed by atoms with Crippen LogP contribution in [0.4, 0.5) is 10.5 Å². The molecule has 0 aromatic carbocycles. The molecular weight excluding hydrogens is 190 g/mol. The summed E-state index contributed by atoms with van der Waals surface area (Å²) in [5, 5.41) is 1.74. The van der Waals surface area contributed by atoms with Gasteiger partial charge in [0.25, 0.3) is 5.24 Å². The average Bonchev–Trinajstić information content (AvgIpc) is 2.29. The Balaban J connectivity index is 2.95. The first kappa shape index (κ1) is 9.86. The second-order valence-corrected chi connectivity index (χ2v) is 2.83. The van der Waals surface area contributed by atoms with Crippen LogP contribution in [-0.4, -0.2) is 23.5 Å². The highest BCUT2D eigenvalue weighted by Gasteiger charge is 2.08. The van der Waals surface area contributed by atoms with Crippen molar-refractivity contribution < 1.29 is 9.59 Å². The predicted octanol–water partition coefficient (Wildman–Crippen LogP) is 1.10. The minimum Gasteiger partial charge on any atom is -0.345 e. The van der Waals surface area contributed by atoms with Crippen molar-refractivity contribution in [2.24, 2.45) is 7.05 Å². The molecule has 0 aliphatic rings. The number of anilines is 1. The van der Waals surface area contributed by atoms with E-state index in [1.807, 2.05) is 0 Å². The van der Waals surface area contributed by atoms with Gasteiger partial charge in [-0.15, -0.1) is 0 Å². The van der Waals surface area contributed by atoms with Gasteiger partial charge in [0, 0.05) is 13.2 Å². The molecule has 1 aromatic heterocycles. The Morgan fingerprint density at radius 3 is 2.62 bits per heavy atom. The largest absolute Gasteiger partial charge is 0.345 e. The lowest BCUT2D eigenvalue weighted by molar-refractivity contribution is 0.107. The van der Waals surface area contributed by atoms with Gasteiger partial charge >= 0.3 is 0 Å². The van der Waals surface area contributed by atoms with E-state index >= 15 is 0 Å². The Hall–Kier alpha value is -1.23. The molecule has 1 aromatic rings. The summed E-state index contributed by atoms with van der Waals surface area (Å²) in [5.41, 5.74) is 0.740. The Labute approximate surface area is 81.3 Å². The van der Waals surface area contributed by atoms with Gasteiger partial charge in [-0.3, -0.25) is 9.59 Å². The molecule has 1 N–H and O–H groups in total. The van der Waals surface area contributed by atoms with Gasteiger partial charge in [-0.25, -0.2) is 0 Å². The first-order chi connectivity index (χ1) is 6.00. The first-order valence-corrected chi connectivity index (χ1v) is 3.81. The standard InChI is InChI=1S/C7H6BClN2O2/c1-11-3-4(10-7(8)13)2-5(11)6(9)12/h2-3H,1H3,(H,10,13). The molecule has 0 saturated heterocycles. The maximum Gasteiger partial charge on any atom is 0.268 e. The number of hydrogen-bond acceptors (Lipinski definition) is 2. The fourth-order valence-corrected chi connectivity index (χ4v) is 1.16. The van der Waals surface area contributed by atoms with Gasteiger partial charge in [0.05, 0.1) is 5.69 Å². The smallest absolute Gasteiger partial charge is 0.268 e. The van der Waals surface area contributed by atoms with Crippen LogP contribution in [0.1, 0.15) is 10.5 Å². The quantitative estimate of drug-likeness (QED) is 0.569. The van der Waals surface area contributed by atoms with Crippen LogP contribution in [0.25, 0.3) is 0 Å². The van der Waals surface area contributed by atoms with E-state index in [0.29, 0.717) is 11.4 Å². The van der Waals surface area contributed by atoms with E-state index in [1.54, 1.807) is 13.2 Å². The first-order valence-electron chi connectivity index (χ1n) is 3.43. The van der Waals surface area contributed by atoms with Crippen LogP contribution in [0.15, 0.2) is 12.3 Å². The SMILES string of the molecule is [B]C(=O)Nc1cc(C(=O)Cl)n(C)c1. The van der Waals surface area contributed by atoms with E-state index < -0.39 is 11.0 Å². The van der Waals surface area contributed by atoms with Crippen molar-refractivity contribution in [2.75, 3.05) is 5.32 Å². The van der Waals surface area contributed by atoms with Crippen molar-refractivity contribution in [3.8, 4) is 0 Å². The van der Waals surface area contributed by atoms with Gasteiger partial charge in [-0.1, -0.05) is 0 Å². The van der Waals surface area contributed by atoms with Crippen LogP contribution >= 0.6 is 11.6 Å². The molecule has 2 radical (unpaired) electrons. The van der Waals surface area contributed by atoms with Gasteiger partial charge in [0.15, 0.2) is 5.81 Å². The molecule has 0 saturated carbocycles. The Morgan fingerprint density at radius 2 is 2.23 bits per heavy atom. The maximum absolute atomic E-state index is 10.8. The lowest BCUT2D eigenvalue weighted by Gasteiger charge is -1.94. The Kier molecular flexibility index (Phi) is 2.77. The zero-order chi connectivity index (χ0) is 10.0. The Morgan fingerprint density at radius 1 is 1.62 bits per heavy atom. The highest BCUT2D eigenvalue weighted by atomic mass is 35.5. The zero-order valence-corrected chi connectivity index (χ0v) is 7.63. The molecule has 0 aliphatic heterocycles. The lowest BCUT2D eigenvalue weighted by atomic mass is 10.1. The summed E-state index contributed by atoms with van der Waals surface area (Å²) in [6.07, 6.45) is 1.54. The van der Waals surface area contributed by atoms with Crippen LogP contribution in [-0.2, 0) is 7.05 Å². The van der Waals surface area contributed by atoms with Crippen LogP contribution in [0.5, 0.6) is 0 Å². The molecule has 4 nitrogen and oxygen atoms in total. The topological polar surface area (TPSA) is 51.1 Å². The third-order valence-corrected chi connectivity index (χ3v) is 1.67. The predicted molar refractivity (Wildman–Crippen MR) is 50.4 cm³/mol. The van der Waals surface area contributed by atoms with Crippen molar-refractivity contribution >= 4 is 36.2 Å². The maximum atomic E-state index is 10.8. The van der Waals surface area contributed by atoms with Gasteiger partial charge < -0.3 is 9.88 Å². The summed E-state index contributed by atoms with van der Waals surface area (Å²) < 4.78 is 1.50. The van der Waals surface area contributed by atoms with Crippen LogP contribution in [0, 0.1) is 0 Å². The molecule has 6 heteroatoms. The number of nitrogens with zero attached hydrogens (tertiary/aromatic N) is 1. The number of amides is 1. The second kappa shape index (κ2) is 3.66. The number of nitrogens with one attached hydrogen (secondary N) is 1.